The van der Waals surface area contributed by atoms with Crippen LogP contribution in [0.1, 0.15) is 21.5 Å². The van der Waals surface area contributed by atoms with Gasteiger partial charge in [0.15, 0.2) is 5.78 Å². The minimum atomic E-state index is -0.760. The topological polar surface area (TPSA) is 119 Å². The minimum Gasteiger partial charge on any atom is -0.384 e. The van der Waals surface area contributed by atoms with E-state index in [0.717, 1.165) is 15.7 Å². The summed E-state index contributed by atoms with van der Waals surface area (Å²) in [6.07, 6.45) is 0. The molecule has 0 aliphatic rings. The summed E-state index contributed by atoms with van der Waals surface area (Å²) in [5.41, 5.74) is 7.01. The average Bonchev–Trinajstić information content (AvgIpc) is 2.77. The van der Waals surface area contributed by atoms with Crippen molar-refractivity contribution in [2.45, 2.75) is 13.5 Å². The van der Waals surface area contributed by atoms with E-state index >= 15 is 0 Å². The Morgan fingerprint density at radius 2 is 1.64 bits per heavy atom. The molecule has 0 unspecified atom stereocenters. The van der Waals surface area contributed by atoms with Gasteiger partial charge in [0.05, 0.1) is 19.6 Å². The molecule has 0 radical (unpaired) electrons. The molecule has 0 aliphatic carbocycles. The number of ketones is 1. The second-order valence-corrected chi connectivity index (χ2v) is 7.99. The van der Waals surface area contributed by atoms with Crippen LogP contribution in [0.4, 0.5) is 11.5 Å². The van der Waals surface area contributed by atoms with Crippen molar-refractivity contribution in [2.24, 2.45) is 7.05 Å². The summed E-state index contributed by atoms with van der Waals surface area (Å²) in [6, 6.07) is 16.5. The summed E-state index contributed by atoms with van der Waals surface area (Å²) in [5, 5.41) is 2.76. The Morgan fingerprint density at radius 1 is 1.00 bits per heavy atom. The maximum absolute atomic E-state index is 13.0. The highest BCUT2D eigenvalue weighted by molar-refractivity contribution is 6.01. The molecule has 1 heterocycles. The number of anilines is 2. The second kappa shape index (κ2) is 10.1. The zero-order valence-corrected chi connectivity index (χ0v) is 18.9. The van der Waals surface area contributed by atoms with E-state index in [1.165, 1.54) is 16.5 Å². The number of aryl methyl sites for hydroxylation is 1. The molecule has 33 heavy (non-hydrogen) atoms. The smallest absolute Gasteiger partial charge is 0.332 e. The lowest BCUT2D eigenvalue weighted by Gasteiger charge is -2.18. The van der Waals surface area contributed by atoms with Gasteiger partial charge in [-0.2, -0.15) is 0 Å². The number of likely N-dealkylation sites (N-methyl/N-ethyl adjacent to an activating group) is 1. The van der Waals surface area contributed by atoms with Crippen molar-refractivity contribution in [2.75, 3.05) is 31.2 Å². The molecule has 2 aromatic carbocycles. The average molecular weight is 450 g/mol. The quantitative estimate of drug-likeness (QED) is 0.500. The Labute approximate surface area is 191 Å². The standard InChI is InChI=1S/C24H27N5O4/c1-16-9-11-18(12-10-16)26-20(31)15-27(2)14-19(30)21-22(25)29(24(33)28(3)23(21)32)13-17-7-5-4-6-8-17/h4-12H,13-15,25H2,1-3H3,(H,26,31). The first-order chi connectivity index (χ1) is 15.7. The van der Waals surface area contributed by atoms with Crippen LogP contribution < -0.4 is 22.3 Å². The number of nitrogens with two attached hydrogens (primary N) is 1. The van der Waals surface area contributed by atoms with Crippen LogP contribution in [-0.4, -0.2) is 45.9 Å². The van der Waals surface area contributed by atoms with E-state index in [1.807, 2.05) is 49.4 Å². The van der Waals surface area contributed by atoms with Gasteiger partial charge >= 0.3 is 5.69 Å². The van der Waals surface area contributed by atoms with E-state index in [1.54, 1.807) is 19.2 Å². The summed E-state index contributed by atoms with van der Waals surface area (Å²) < 4.78 is 2.07. The van der Waals surface area contributed by atoms with Crippen LogP contribution in [-0.2, 0) is 18.4 Å². The van der Waals surface area contributed by atoms with E-state index in [9.17, 15) is 19.2 Å². The van der Waals surface area contributed by atoms with Gasteiger partial charge in [-0.25, -0.2) is 4.79 Å². The molecule has 0 atom stereocenters. The number of aromatic nitrogens is 2. The lowest BCUT2D eigenvalue weighted by molar-refractivity contribution is -0.116. The van der Waals surface area contributed by atoms with E-state index in [2.05, 4.69) is 5.32 Å². The van der Waals surface area contributed by atoms with Gasteiger partial charge in [0.1, 0.15) is 11.4 Å². The molecule has 0 bridgehead atoms. The lowest BCUT2D eigenvalue weighted by atomic mass is 10.1. The fourth-order valence-corrected chi connectivity index (χ4v) is 3.43. The van der Waals surface area contributed by atoms with Crippen LogP contribution in [0.5, 0.6) is 0 Å². The van der Waals surface area contributed by atoms with Crippen molar-refractivity contribution in [3.8, 4) is 0 Å². The summed E-state index contributed by atoms with van der Waals surface area (Å²) in [7, 11) is 2.90. The van der Waals surface area contributed by atoms with Gasteiger partial charge < -0.3 is 11.1 Å². The number of nitrogens with zero attached hydrogens (tertiary/aromatic N) is 3. The van der Waals surface area contributed by atoms with E-state index in [0.29, 0.717) is 5.69 Å². The van der Waals surface area contributed by atoms with Gasteiger partial charge in [-0.1, -0.05) is 48.0 Å². The number of amides is 1. The van der Waals surface area contributed by atoms with Gasteiger partial charge in [-0.15, -0.1) is 0 Å². The highest BCUT2D eigenvalue weighted by atomic mass is 16.2. The molecule has 0 spiro atoms. The zero-order valence-electron chi connectivity index (χ0n) is 18.9. The first-order valence-electron chi connectivity index (χ1n) is 10.4. The number of benzene rings is 2. The first-order valence-corrected chi connectivity index (χ1v) is 10.4. The van der Waals surface area contributed by atoms with Crippen molar-refractivity contribution in [3.05, 3.63) is 92.1 Å². The maximum Gasteiger partial charge on any atom is 0.332 e. The molecular weight excluding hydrogens is 422 g/mol. The molecule has 0 aliphatic heterocycles. The van der Waals surface area contributed by atoms with Crippen LogP contribution in [0.3, 0.4) is 0 Å². The lowest BCUT2D eigenvalue weighted by Crippen LogP contribution is -2.44. The molecule has 1 aromatic heterocycles. The summed E-state index contributed by atoms with van der Waals surface area (Å²) in [5.74, 6) is -1.06. The number of hydrogen-bond donors (Lipinski definition) is 2. The molecule has 9 nitrogen and oxygen atoms in total. The van der Waals surface area contributed by atoms with Crippen LogP contribution >= 0.6 is 0 Å². The molecule has 0 saturated heterocycles. The van der Waals surface area contributed by atoms with Crippen LogP contribution in [0.2, 0.25) is 0 Å². The Kier molecular flexibility index (Phi) is 7.24. The summed E-state index contributed by atoms with van der Waals surface area (Å²) in [4.78, 5) is 52.1. The molecule has 0 saturated carbocycles. The molecule has 172 valence electrons. The molecule has 3 aromatic rings. The van der Waals surface area contributed by atoms with Gasteiger partial charge in [0.25, 0.3) is 5.56 Å². The predicted molar refractivity (Wildman–Crippen MR) is 128 cm³/mol. The fraction of sp³-hybridized carbons (Fsp3) is 0.250. The fourth-order valence-electron chi connectivity index (χ4n) is 3.43. The molecule has 1 amide bonds. The van der Waals surface area contributed by atoms with Crippen molar-refractivity contribution in [1.82, 2.24) is 14.0 Å². The Bertz CT molecular complexity index is 1280. The van der Waals surface area contributed by atoms with Crippen molar-refractivity contribution < 1.29 is 9.59 Å². The van der Waals surface area contributed by atoms with E-state index in [-0.39, 0.29) is 36.9 Å². The third-order valence-corrected chi connectivity index (χ3v) is 5.21. The Hall–Kier alpha value is -3.98. The first kappa shape index (κ1) is 23.7. The largest absolute Gasteiger partial charge is 0.384 e. The molecule has 0 fully saturated rings. The maximum atomic E-state index is 13.0. The predicted octanol–water partition coefficient (Wildman–Crippen LogP) is 1.24. The number of carbonyl (C=O) groups excluding carboxylic acids is 2. The number of Topliss-reactive ketones (excluding diaryl/α,β-unsaturated/α-hetero) is 1. The number of rotatable bonds is 8. The SMILES string of the molecule is Cc1ccc(NC(=O)CN(C)CC(=O)c2c(N)n(Cc3ccccc3)c(=O)n(C)c2=O)cc1. The van der Waals surface area contributed by atoms with Gasteiger partial charge in [0.2, 0.25) is 5.91 Å². The van der Waals surface area contributed by atoms with Crippen LogP contribution in [0, 0.1) is 6.92 Å². The number of nitrogen functional groups attached to an aromatic ring is 1. The molecular formula is C24H27N5O4. The van der Waals surface area contributed by atoms with Gasteiger partial charge in [-0.3, -0.25) is 28.4 Å². The van der Waals surface area contributed by atoms with Gasteiger partial charge in [-0.05, 0) is 31.7 Å². The summed E-state index contributed by atoms with van der Waals surface area (Å²) in [6.45, 7) is 1.78. The zero-order chi connectivity index (χ0) is 24.1. The second-order valence-electron chi connectivity index (χ2n) is 7.99. The monoisotopic (exact) mass is 449 g/mol. The van der Waals surface area contributed by atoms with Crippen LogP contribution in [0.25, 0.3) is 0 Å². The third kappa shape index (κ3) is 5.64. The van der Waals surface area contributed by atoms with Crippen molar-refractivity contribution in [3.63, 3.8) is 0 Å². The third-order valence-electron chi connectivity index (χ3n) is 5.21. The number of carbonyl (C=O) groups is 2. The highest BCUT2D eigenvalue weighted by Gasteiger charge is 2.23. The Morgan fingerprint density at radius 3 is 2.27 bits per heavy atom. The van der Waals surface area contributed by atoms with Gasteiger partial charge in [0, 0.05) is 12.7 Å². The van der Waals surface area contributed by atoms with Crippen molar-refractivity contribution in [1.29, 1.82) is 0 Å². The number of hydrogen-bond acceptors (Lipinski definition) is 6. The van der Waals surface area contributed by atoms with Crippen molar-refractivity contribution >= 4 is 23.2 Å². The van der Waals surface area contributed by atoms with Crippen LogP contribution in [0.15, 0.2) is 64.2 Å². The molecule has 3 rings (SSSR count). The summed E-state index contributed by atoms with van der Waals surface area (Å²) >= 11 is 0. The van der Waals surface area contributed by atoms with E-state index in [4.69, 9.17) is 5.73 Å². The molecule has 3 N–H and O–H groups in total. The normalized spacial score (nSPS) is 10.9. The van der Waals surface area contributed by atoms with E-state index < -0.39 is 17.0 Å². The Balaban J connectivity index is 1.77. The molecule has 9 heteroatoms. The minimum absolute atomic E-state index is 0.0660. The highest BCUT2D eigenvalue weighted by Crippen LogP contribution is 2.11. The number of nitrogens with one attached hydrogen (secondary N) is 1.